The molecule has 1 aliphatic rings. The fraction of sp³-hybridized carbons (Fsp3) is 0.571. The minimum atomic E-state index is -1.41. The standard InChI is InChI=1S/C21H30N2O6/c1-14(24)16(17(25)26)22-18(27)21(15-8-6-5-7-9-15)10-12-23(13-11-21)19(28)29-20(2,3)4/h5-9,14,16,24H,10-13H2,1-4H3,(H,22,27)(H,25,26)/t14-,16-/m1/s1. The van der Waals surface area contributed by atoms with Crippen molar-refractivity contribution in [2.75, 3.05) is 13.1 Å². The number of carboxylic acid groups (broad SMARTS) is 1. The van der Waals surface area contributed by atoms with Gasteiger partial charge in [-0.05, 0) is 46.1 Å². The number of aliphatic carboxylic acids is 1. The molecule has 8 nitrogen and oxygen atoms in total. The summed E-state index contributed by atoms with van der Waals surface area (Å²) in [6, 6.07) is 7.69. The molecule has 1 saturated heterocycles. The van der Waals surface area contributed by atoms with Crippen molar-refractivity contribution >= 4 is 18.0 Å². The van der Waals surface area contributed by atoms with Gasteiger partial charge in [-0.2, -0.15) is 0 Å². The average Bonchev–Trinajstić information content (AvgIpc) is 2.64. The van der Waals surface area contributed by atoms with E-state index in [9.17, 15) is 24.6 Å². The van der Waals surface area contributed by atoms with Crippen LogP contribution in [0.25, 0.3) is 0 Å². The predicted molar refractivity (Wildman–Crippen MR) is 106 cm³/mol. The lowest BCUT2D eigenvalue weighted by Crippen LogP contribution is -2.58. The zero-order valence-corrected chi connectivity index (χ0v) is 17.3. The highest BCUT2D eigenvalue weighted by Gasteiger charge is 2.45. The summed E-state index contributed by atoms with van der Waals surface area (Å²) in [6.07, 6.45) is -1.05. The Hall–Kier alpha value is -2.61. The molecule has 0 aromatic heterocycles. The van der Waals surface area contributed by atoms with Crippen LogP contribution in [0.15, 0.2) is 30.3 Å². The molecule has 2 atom stereocenters. The number of hydrogen-bond acceptors (Lipinski definition) is 5. The molecule has 0 spiro atoms. The third kappa shape index (κ3) is 5.47. The number of aliphatic hydroxyl groups is 1. The molecule has 1 heterocycles. The minimum Gasteiger partial charge on any atom is -0.480 e. The first kappa shape index (κ1) is 22.7. The third-order valence-electron chi connectivity index (χ3n) is 5.06. The molecule has 1 fully saturated rings. The summed E-state index contributed by atoms with van der Waals surface area (Å²) in [5, 5.41) is 21.6. The molecule has 0 bridgehead atoms. The Morgan fingerprint density at radius 3 is 2.14 bits per heavy atom. The second-order valence-corrected chi connectivity index (χ2v) is 8.45. The molecule has 3 N–H and O–H groups in total. The van der Waals surface area contributed by atoms with Crippen molar-refractivity contribution in [1.29, 1.82) is 0 Å². The van der Waals surface area contributed by atoms with Gasteiger partial charge in [-0.25, -0.2) is 9.59 Å². The summed E-state index contributed by atoms with van der Waals surface area (Å²) in [4.78, 5) is 38.6. The fourth-order valence-electron chi connectivity index (χ4n) is 3.47. The number of nitrogens with zero attached hydrogens (tertiary/aromatic N) is 1. The maximum atomic E-state index is 13.2. The van der Waals surface area contributed by atoms with E-state index in [1.807, 2.05) is 30.3 Å². The van der Waals surface area contributed by atoms with Gasteiger partial charge < -0.3 is 25.2 Å². The van der Waals surface area contributed by atoms with Crippen LogP contribution in [-0.2, 0) is 19.7 Å². The molecular weight excluding hydrogens is 376 g/mol. The molecule has 2 amide bonds. The molecule has 0 aliphatic carbocycles. The normalized spacial score (nSPS) is 18.4. The summed E-state index contributed by atoms with van der Waals surface area (Å²) >= 11 is 0. The summed E-state index contributed by atoms with van der Waals surface area (Å²) in [5.41, 5.74) is -0.868. The summed E-state index contributed by atoms with van der Waals surface area (Å²) < 4.78 is 5.41. The van der Waals surface area contributed by atoms with Gasteiger partial charge >= 0.3 is 12.1 Å². The number of carbonyl (C=O) groups is 3. The second kappa shape index (κ2) is 8.82. The highest BCUT2D eigenvalue weighted by atomic mass is 16.6. The number of rotatable bonds is 5. The Kier molecular flexibility index (Phi) is 6.89. The first-order valence-corrected chi connectivity index (χ1v) is 9.71. The molecule has 2 rings (SSSR count). The topological polar surface area (TPSA) is 116 Å². The van der Waals surface area contributed by atoms with Crippen LogP contribution >= 0.6 is 0 Å². The first-order chi connectivity index (χ1) is 13.5. The highest BCUT2D eigenvalue weighted by Crippen LogP contribution is 2.36. The van der Waals surface area contributed by atoms with Gasteiger partial charge in [0.05, 0.1) is 11.5 Å². The van der Waals surface area contributed by atoms with Crippen LogP contribution in [-0.4, -0.2) is 63.9 Å². The van der Waals surface area contributed by atoms with Crippen molar-refractivity contribution in [2.24, 2.45) is 0 Å². The van der Waals surface area contributed by atoms with Crippen molar-refractivity contribution in [1.82, 2.24) is 10.2 Å². The Morgan fingerprint density at radius 2 is 1.69 bits per heavy atom. The van der Waals surface area contributed by atoms with E-state index in [2.05, 4.69) is 5.32 Å². The quantitative estimate of drug-likeness (QED) is 0.688. The van der Waals surface area contributed by atoms with Crippen molar-refractivity contribution in [2.45, 2.75) is 63.7 Å². The Bertz CT molecular complexity index is 733. The molecular formula is C21H30N2O6. The molecule has 160 valence electrons. The molecule has 1 aromatic carbocycles. The van der Waals surface area contributed by atoms with Gasteiger partial charge in [0, 0.05) is 13.1 Å². The number of nitrogens with one attached hydrogen (secondary N) is 1. The van der Waals surface area contributed by atoms with Crippen LogP contribution in [0.2, 0.25) is 0 Å². The lowest BCUT2D eigenvalue weighted by atomic mass is 9.71. The number of amides is 2. The molecule has 8 heteroatoms. The zero-order valence-electron chi connectivity index (χ0n) is 17.3. The van der Waals surface area contributed by atoms with Gasteiger partial charge in [-0.1, -0.05) is 30.3 Å². The van der Waals surface area contributed by atoms with Crippen molar-refractivity contribution in [3.63, 3.8) is 0 Å². The third-order valence-corrected chi connectivity index (χ3v) is 5.06. The van der Waals surface area contributed by atoms with Gasteiger partial charge in [-0.3, -0.25) is 4.79 Å². The Morgan fingerprint density at radius 1 is 1.14 bits per heavy atom. The van der Waals surface area contributed by atoms with Crippen LogP contribution in [0.4, 0.5) is 4.79 Å². The number of hydrogen-bond donors (Lipinski definition) is 3. The zero-order chi connectivity index (χ0) is 21.8. The maximum absolute atomic E-state index is 13.2. The van der Waals surface area contributed by atoms with Crippen molar-refractivity contribution in [3.8, 4) is 0 Å². The monoisotopic (exact) mass is 406 g/mol. The largest absolute Gasteiger partial charge is 0.480 e. The van der Waals surface area contributed by atoms with Crippen LogP contribution in [0, 0.1) is 0 Å². The molecule has 1 aliphatic heterocycles. The summed E-state index contributed by atoms with van der Waals surface area (Å²) in [5.74, 6) is -1.77. The number of benzene rings is 1. The van der Waals surface area contributed by atoms with E-state index in [1.165, 1.54) is 6.92 Å². The minimum absolute atomic E-state index is 0.295. The van der Waals surface area contributed by atoms with E-state index in [0.717, 1.165) is 5.56 Å². The second-order valence-electron chi connectivity index (χ2n) is 8.45. The first-order valence-electron chi connectivity index (χ1n) is 9.71. The van der Waals surface area contributed by atoms with Crippen LogP contribution in [0.5, 0.6) is 0 Å². The van der Waals surface area contributed by atoms with E-state index in [4.69, 9.17) is 4.74 Å². The van der Waals surface area contributed by atoms with Crippen LogP contribution in [0.3, 0.4) is 0 Å². The van der Waals surface area contributed by atoms with E-state index in [1.54, 1.807) is 25.7 Å². The highest BCUT2D eigenvalue weighted by molar-refractivity contribution is 5.92. The van der Waals surface area contributed by atoms with Crippen molar-refractivity contribution < 1.29 is 29.3 Å². The molecule has 0 saturated carbocycles. The molecule has 0 radical (unpaired) electrons. The lowest BCUT2D eigenvalue weighted by molar-refractivity contribution is -0.146. The van der Waals surface area contributed by atoms with Gasteiger partial charge in [0.25, 0.3) is 0 Å². The SMILES string of the molecule is C[C@@H](O)[C@@H](NC(=O)C1(c2ccccc2)CCN(C(=O)OC(C)(C)C)CC1)C(=O)O. The number of piperidine rings is 1. The number of aliphatic hydroxyl groups excluding tert-OH is 1. The lowest BCUT2D eigenvalue weighted by Gasteiger charge is -2.41. The fourth-order valence-corrected chi connectivity index (χ4v) is 3.47. The molecule has 0 unspecified atom stereocenters. The Balaban J connectivity index is 2.25. The van der Waals surface area contributed by atoms with Crippen LogP contribution < -0.4 is 5.32 Å². The Labute approximate surface area is 170 Å². The molecule has 29 heavy (non-hydrogen) atoms. The number of carboxylic acids is 1. The van der Waals surface area contributed by atoms with Crippen LogP contribution in [0.1, 0.15) is 46.1 Å². The van der Waals surface area contributed by atoms with E-state index < -0.39 is 41.1 Å². The van der Waals surface area contributed by atoms with Gasteiger partial charge in [0.1, 0.15) is 5.60 Å². The number of carbonyl (C=O) groups excluding carboxylic acids is 2. The summed E-state index contributed by atoms with van der Waals surface area (Å²) in [6.45, 7) is 7.28. The van der Waals surface area contributed by atoms with Gasteiger partial charge in [0.2, 0.25) is 5.91 Å². The number of ether oxygens (including phenoxy) is 1. The smallest absolute Gasteiger partial charge is 0.410 e. The van der Waals surface area contributed by atoms with E-state index >= 15 is 0 Å². The number of likely N-dealkylation sites (tertiary alicyclic amines) is 1. The van der Waals surface area contributed by atoms with Gasteiger partial charge in [-0.15, -0.1) is 0 Å². The predicted octanol–water partition coefficient (Wildman–Crippen LogP) is 1.91. The van der Waals surface area contributed by atoms with E-state index in [-0.39, 0.29) is 0 Å². The van der Waals surface area contributed by atoms with Gasteiger partial charge in [0.15, 0.2) is 6.04 Å². The maximum Gasteiger partial charge on any atom is 0.410 e. The van der Waals surface area contributed by atoms with E-state index in [0.29, 0.717) is 25.9 Å². The average molecular weight is 406 g/mol. The van der Waals surface area contributed by atoms with Crippen molar-refractivity contribution in [3.05, 3.63) is 35.9 Å². The summed E-state index contributed by atoms with van der Waals surface area (Å²) in [7, 11) is 0. The molecule has 1 aromatic rings.